The van der Waals surface area contributed by atoms with Crippen molar-refractivity contribution in [2.45, 2.75) is 53.7 Å². The maximum Gasteiger partial charge on any atom is 0.214 e. The Balaban J connectivity index is 2.12. The number of aliphatic imine (C=N–C) groups is 1. The molecule has 0 bridgehead atoms. The fourth-order valence-corrected chi connectivity index (χ4v) is 2.51. The summed E-state index contributed by atoms with van der Waals surface area (Å²) in [6.07, 6.45) is 1.79. The quantitative estimate of drug-likeness (QED) is 0.540. The van der Waals surface area contributed by atoms with Gasteiger partial charge >= 0.3 is 0 Å². The Morgan fingerprint density at radius 2 is 1.68 bits per heavy atom. The second-order valence-corrected chi connectivity index (χ2v) is 6.94. The fraction of sp³-hybridized carbons (Fsp3) is 0.429. The molecule has 0 aliphatic heterocycles. The molecule has 4 heteroatoms. The Morgan fingerprint density at radius 3 is 2.24 bits per heavy atom. The van der Waals surface area contributed by atoms with Gasteiger partial charge in [0.25, 0.3) is 0 Å². The standard InChI is InChI=1S/C21H29N3O/c1-14(2)24(7)13-22-20-8-9-21(23-17(20)5)25-18(6)19-11-15(3)10-16(4)12-19/h8-14,18H,1-7H3/b22-13+. The normalized spacial score (nSPS) is 12.6. The molecule has 0 N–H and O–H groups in total. The van der Waals surface area contributed by atoms with Crippen molar-refractivity contribution in [1.29, 1.82) is 0 Å². The Labute approximate surface area is 151 Å². The molecule has 0 fully saturated rings. The van der Waals surface area contributed by atoms with Gasteiger partial charge in [-0.05, 0) is 53.2 Å². The van der Waals surface area contributed by atoms with Crippen LogP contribution in [0.1, 0.15) is 49.3 Å². The molecule has 0 saturated carbocycles. The van der Waals surface area contributed by atoms with Gasteiger partial charge in [0, 0.05) is 19.2 Å². The van der Waals surface area contributed by atoms with Crippen molar-refractivity contribution in [2.75, 3.05) is 7.05 Å². The first-order chi connectivity index (χ1) is 11.8. The van der Waals surface area contributed by atoms with Gasteiger partial charge in [0.15, 0.2) is 0 Å². The van der Waals surface area contributed by atoms with E-state index in [1.165, 1.54) is 11.1 Å². The molecule has 0 saturated heterocycles. The molecule has 1 aromatic heterocycles. The highest BCUT2D eigenvalue weighted by molar-refractivity contribution is 5.62. The average molecular weight is 339 g/mol. The maximum absolute atomic E-state index is 6.04. The molecular formula is C21H29N3O. The van der Waals surface area contributed by atoms with E-state index in [1.807, 2.05) is 32.4 Å². The molecule has 1 aromatic carbocycles. The zero-order chi connectivity index (χ0) is 18.6. The lowest BCUT2D eigenvalue weighted by atomic mass is 10.0. The summed E-state index contributed by atoms with van der Waals surface area (Å²) in [6, 6.07) is 10.7. The molecule has 4 nitrogen and oxygen atoms in total. The van der Waals surface area contributed by atoms with Crippen molar-refractivity contribution in [1.82, 2.24) is 9.88 Å². The van der Waals surface area contributed by atoms with Gasteiger partial charge in [-0.3, -0.25) is 0 Å². The number of aromatic nitrogens is 1. The minimum atomic E-state index is -0.0491. The molecule has 134 valence electrons. The van der Waals surface area contributed by atoms with Crippen LogP contribution in [0, 0.1) is 20.8 Å². The number of hydrogen-bond donors (Lipinski definition) is 0. The number of hydrogen-bond acceptors (Lipinski definition) is 3. The topological polar surface area (TPSA) is 37.7 Å². The molecule has 0 radical (unpaired) electrons. The van der Waals surface area contributed by atoms with Crippen LogP contribution in [0.5, 0.6) is 5.88 Å². The van der Waals surface area contributed by atoms with Gasteiger partial charge in [-0.1, -0.05) is 29.3 Å². The van der Waals surface area contributed by atoms with Crippen LogP contribution in [0.4, 0.5) is 5.69 Å². The highest BCUT2D eigenvalue weighted by Crippen LogP contribution is 2.25. The van der Waals surface area contributed by atoms with Gasteiger partial charge < -0.3 is 9.64 Å². The third-order valence-electron chi connectivity index (χ3n) is 4.24. The lowest BCUT2D eigenvalue weighted by molar-refractivity contribution is 0.217. The first-order valence-electron chi connectivity index (χ1n) is 8.75. The number of aryl methyl sites for hydroxylation is 3. The van der Waals surface area contributed by atoms with E-state index in [9.17, 15) is 0 Å². The van der Waals surface area contributed by atoms with Gasteiger partial charge in [-0.2, -0.15) is 0 Å². The third-order valence-corrected chi connectivity index (χ3v) is 4.24. The highest BCUT2D eigenvalue weighted by atomic mass is 16.5. The van der Waals surface area contributed by atoms with Crippen molar-refractivity contribution < 1.29 is 4.74 Å². The van der Waals surface area contributed by atoms with E-state index in [4.69, 9.17) is 4.74 Å². The number of rotatable bonds is 6. The summed E-state index contributed by atoms with van der Waals surface area (Å²) in [5.74, 6) is 0.625. The van der Waals surface area contributed by atoms with Crippen molar-refractivity contribution in [2.24, 2.45) is 4.99 Å². The summed E-state index contributed by atoms with van der Waals surface area (Å²) >= 11 is 0. The van der Waals surface area contributed by atoms with E-state index in [0.29, 0.717) is 11.9 Å². The van der Waals surface area contributed by atoms with Crippen LogP contribution in [-0.2, 0) is 0 Å². The van der Waals surface area contributed by atoms with Gasteiger partial charge in [-0.25, -0.2) is 9.98 Å². The Bertz CT molecular complexity index is 733. The van der Waals surface area contributed by atoms with Crippen LogP contribution in [-0.4, -0.2) is 29.3 Å². The fourth-order valence-electron chi connectivity index (χ4n) is 2.51. The van der Waals surface area contributed by atoms with Gasteiger partial charge in [-0.15, -0.1) is 0 Å². The van der Waals surface area contributed by atoms with E-state index in [-0.39, 0.29) is 6.10 Å². The van der Waals surface area contributed by atoms with E-state index < -0.39 is 0 Å². The Morgan fingerprint density at radius 1 is 1.04 bits per heavy atom. The summed E-state index contributed by atoms with van der Waals surface area (Å²) in [7, 11) is 2.01. The minimum absolute atomic E-state index is 0.0491. The van der Waals surface area contributed by atoms with Crippen molar-refractivity contribution >= 4 is 12.0 Å². The smallest absolute Gasteiger partial charge is 0.214 e. The third kappa shape index (κ3) is 5.31. The number of nitrogens with zero attached hydrogens (tertiary/aromatic N) is 3. The van der Waals surface area contributed by atoms with Gasteiger partial charge in [0.2, 0.25) is 5.88 Å². The summed E-state index contributed by atoms with van der Waals surface area (Å²) in [5, 5.41) is 0. The van der Waals surface area contributed by atoms with Crippen molar-refractivity contribution in [3.05, 3.63) is 52.7 Å². The first-order valence-corrected chi connectivity index (χ1v) is 8.75. The zero-order valence-electron chi connectivity index (χ0n) is 16.4. The van der Waals surface area contributed by atoms with Crippen LogP contribution in [0.15, 0.2) is 35.3 Å². The predicted octanol–water partition coefficient (Wildman–Crippen LogP) is 5.15. The van der Waals surface area contributed by atoms with Crippen LogP contribution < -0.4 is 4.74 Å². The Hall–Kier alpha value is -2.36. The number of pyridine rings is 1. The number of benzene rings is 1. The van der Waals surface area contributed by atoms with Crippen LogP contribution >= 0.6 is 0 Å². The highest BCUT2D eigenvalue weighted by Gasteiger charge is 2.10. The summed E-state index contributed by atoms with van der Waals surface area (Å²) < 4.78 is 6.04. The minimum Gasteiger partial charge on any atom is -0.470 e. The molecule has 2 rings (SSSR count). The lowest BCUT2D eigenvalue weighted by Crippen LogP contribution is -2.24. The molecular weight excluding hydrogens is 310 g/mol. The molecule has 1 atom stereocenters. The molecule has 25 heavy (non-hydrogen) atoms. The number of ether oxygens (including phenoxy) is 1. The average Bonchev–Trinajstić information content (AvgIpc) is 2.52. The van der Waals surface area contributed by atoms with Crippen molar-refractivity contribution in [3.8, 4) is 5.88 Å². The van der Waals surface area contributed by atoms with Crippen LogP contribution in [0.2, 0.25) is 0 Å². The summed E-state index contributed by atoms with van der Waals surface area (Å²) in [4.78, 5) is 11.1. The van der Waals surface area contributed by atoms with Crippen LogP contribution in [0.3, 0.4) is 0 Å². The van der Waals surface area contributed by atoms with E-state index in [1.54, 1.807) is 0 Å². The van der Waals surface area contributed by atoms with Crippen molar-refractivity contribution in [3.63, 3.8) is 0 Å². The predicted molar refractivity (Wildman–Crippen MR) is 105 cm³/mol. The SMILES string of the molecule is Cc1cc(C)cc(C(C)Oc2ccc(/N=C/N(C)C(C)C)c(C)n2)c1. The molecule has 0 spiro atoms. The molecule has 2 aromatic rings. The van der Waals surface area contributed by atoms with E-state index in [2.05, 4.69) is 67.7 Å². The zero-order valence-corrected chi connectivity index (χ0v) is 16.4. The van der Waals surface area contributed by atoms with Gasteiger partial charge in [0.1, 0.15) is 6.10 Å². The summed E-state index contributed by atoms with van der Waals surface area (Å²) in [5.41, 5.74) is 5.37. The molecule has 0 aliphatic rings. The monoisotopic (exact) mass is 339 g/mol. The second kappa shape index (κ2) is 8.15. The second-order valence-electron chi connectivity index (χ2n) is 6.94. The van der Waals surface area contributed by atoms with E-state index in [0.717, 1.165) is 16.9 Å². The molecule has 1 heterocycles. The maximum atomic E-state index is 6.04. The lowest BCUT2D eigenvalue weighted by Gasteiger charge is -2.18. The molecule has 1 unspecified atom stereocenters. The van der Waals surface area contributed by atoms with E-state index >= 15 is 0 Å². The van der Waals surface area contributed by atoms with Crippen LogP contribution in [0.25, 0.3) is 0 Å². The largest absolute Gasteiger partial charge is 0.470 e. The van der Waals surface area contributed by atoms with Gasteiger partial charge in [0.05, 0.1) is 17.7 Å². The molecule has 0 amide bonds. The summed E-state index contributed by atoms with van der Waals surface area (Å²) in [6.45, 7) is 12.5. The molecule has 0 aliphatic carbocycles. The Kier molecular flexibility index (Phi) is 6.18. The first kappa shape index (κ1) is 19.0.